The van der Waals surface area contributed by atoms with Crippen LogP contribution in [0.3, 0.4) is 0 Å². The van der Waals surface area contributed by atoms with Crippen molar-refractivity contribution in [1.82, 2.24) is 10.2 Å². The van der Waals surface area contributed by atoms with Gasteiger partial charge in [0, 0.05) is 19.0 Å². The van der Waals surface area contributed by atoms with E-state index >= 15 is 0 Å². The Hall–Kier alpha value is -2.96. The van der Waals surface area contributed by atoms with E-state index in [2.05, 4.69) is 5.32 Å². The molecule has 1 N–H and O–H groups in total. The van der Waals surface area contributed by atoms with E-state index in [0.717, 1.165) is 17.1 Å². The Kier molecular flexibility index (Phi) is 5.23. The number of benzene rings is 1. The third kappa shape index (κ3) is 3.83. The van der Waals surface area contributed by atoms with E-state index in [1.54, 1.807) is 17.0 Å². The second-order valence-electron chi connectivity index (χ2n) is 7.18. The van der Waals surface area contributed by atoms with Gasteiger partial charge in [0.25, 0.3) is 5.91 Å². The van der Waals surface area contributed by atoms with Crippen LogP contribution in [0.4, 0.5) is 0 Å². The molecule has 2 aliphatic heterocycles. The molecule has 3 heterocycles. The summed E-state index contributed by atoms with van der Waals surface area (Å²) < 4.78 is 16.3. The zero-order chi connectivity index (χ0) is 19.5. The summed E-state index contributed by atoms with van der Waals surface area (Å²) in [4.78, 5) is 26.8. The lowest BCUT2D eigenvalue weighted by Gasteiger charge is -2.31. The Morgan fingerprint density at radius 3 is 2.57 bits per heavy atom. The maximum absolute atomic E-state index is 12.7. The summed E-state index contributed by atoms with van der Waals surface area (Å²) in [7, 11) is 0. The van der Waals surface area contributed by atoms with Crippen LogP contribution in [0.25, 0.3) is 0 Å². The molecule has 0 saturated carbocycles. The molecule has 1 atom stereocenters. The summed E-state index contributed by atoms with van der Waals surface area (Å²) in [6.45, 7) is 4.15. The third-order valence-electron chi connectivity index (χ3n) is 5.31. The van der Waals surface area contributed by atoms with Crippen LogP contribution in [0, 0.1) is 5.92 Å². The lowest BCUT2D eigenvalue weighted by Crippen LogP contribution is -2.43. The lowest BCUT2D eigenvalue weighted by atomic mass is 9.95. The summed E-state index contributed by atoms with van der Waals surface area (Å²) in [6.07, 6.45) is 2.78. The number of amides is 2. The van der Waals surface area contributed by atoms with E-state index < -0.39 is 0 Å². The molecule has 1 aromatic carbocycles. The van der Waals surface area contributed by atoms with Crippen molar-refractivity contribution in [1.29, 1.82) is 0 Å². The summed E-state index contributed by atoms with van der Waals surface area (Å²) in [5.74, 6) is 1.60. The molecule has 0 spiro atoms. The number of piperidine rings is 1. The van der Waals surface area contributed by atoms with E-state index in [1.165, 1.54) is 6.26 Å². The Labute approximate surface area is 163 Å². The summed E-state index contributed by atoms with van der Waals surface area (Å²) >= 11 is 0. The summed E-state index contributed by atoms with van der Waals surface area (Å²) in [6, 6.07) is 8.98. The van der Waals surface area contributed by atoms with Crippen molar-refractivity contribution in [3.05, 3.63) is 47.9 Å². The minimum atomic E-state index is -0.133. The minimum absolute atomic E-state index is 0.0208. The quantitative estimate of drug-likeness (QED) is 0.877. The van der Waals surface area contributed by atoms with Gasteiger partial charge in [0.2, 0.25) is 5.91 Å². The fourth-order valence-corrected chi connectivity index (χ4v) is 3.64. The fraction of sp³-hybridized carbons (Fsp3) is 0.429. The molecule has 7 heteroatoms. The molecule has 7 nitrogen and oxygen atoms in total. The topological polar surface area (TPSA) is 81.0 Å². The number of furan rings is 1. The monoisotopic (exact) mass is 384 g/mol. The first-order chi connectivity index (χ1) is 13.6. The van der Waals surface area contributed by atoms with Gasteiger partial charge in [0.15, 0.2) is 17.3 Å². The van der Waals surface area contributed by atoms with E-state index in [1.807, 2.05) is 25.1 Å². The van der Waals surface area contributed by atoms with Crippen LogP contribution in [0.2, 0.25) is 0 Å². The van der Waals surface area contributed by atoms with Gasteiger partial charge in [0.05, 0.1) is 12.3 Å². The van der Waals surface area contributed by atoms with Gasteiger partial charge in [0.1, 0.15) is 13.2 Å². The van der Waals surface area contributed by atoms with Crippen LogP contribution in [-0.2, 0) is 4.79 Å². The molecule has 0 bridgehead atoms. The van der Waals surface area contributed by atoms with Crippen LogP contribution in [0.15, 0.2) is 41.0 Å². The second-order valence-corrected chi connectivity index (χ2v) is 7.18. The van der Waals surface area contributed by atoms with Crippen LogP contribution in [0.5, 0.6) is 11.5 Å². The van der Waals surface area contributed by atoms with Gasteiger partial charge in [-0.1, -0.05) is 6.07 Å². The predicted octanol–water partition coefficient (Wildman–Crippen LogP) is 2.78. The number of hydrogen-bond donors (Lipinski definition) is 1. The smallest absolute Gasteiger partial charge is 0.289 e. The number of carbonyl (C=O) groups is 2. The maximum Gasteiger partial charge on any atom is 0.289 e. The summed E-state index contributed by atoms with van der Waals surface area (Å²) in [5, 5.41) is 3.09. The van der Waals surface area contributed by atoms with Gasteiger partial charge in [-0.3, -0.25) is 9.59 Å². The first-order valence-corrected chi connectivity index (χ1v) is 9.64. The number of ether oxygens (including phenoxy) is 2. The number of rotatable bonds is 4. The van der Waals surface area contributed by atoms with Crippen LogP contribution >= 0.6 is 0 Å². The van der Waals surface area contributed by atoms with Gasteiger partial charge in [-0.2, -0.15) is 0 Å². The average Bonchev–Trinajstić information content (AvgIpc) is 3.28. The maximum atomic E-state index is 12.7. The van der Waals surface area contributed by atoms with Crippen LogP contribution in [0.1, 0.15) is 41.9 Å². The van der Waals surface area contributed by atoms with Crippen molar-refractivity contribution < 1.29 is 23.5 Å². The number of nitrogens with one attached hydrogen (secondary N) is 1. The van der Waals surface area contributed by atoms with Gasteiger partial charge in [-0.05, 0) is 49.6 Å². The molecule has 1 aromatic heterocycles. The largest absolute Gasteiger partial charge is 0.486 e. The summed E-state index contributed by atoms with van der Waals surface area (Å²) in [5.41, 5.74) is 0.975. The highest BCUT2D eigenvalue weighted by Crippen LogP contribution is 2.32. The molecule has 148 valence electrons. The number of likely N-dealkylation sites (tertiary alicyclic amines) is 1. The fourth-order valence-electron chi connectivity index (χ4n) is 3.64. The van der Waals surface area contributed by atoms with Gasteiger partial charge in [-0.25, -0.2) is 0 Å². The minimum Gasteiger partial charge on any atom is -0.486 e. The van der Waals surface area contributed by atoms with Gasteiger partial charge >= 0.3 is 0 Å². The molecule has 28 heavy (non-hydrogen) atoms. The number of nitrogens with zero attached hydrogens (tertiary/aromatic N) is 1. The zero-order valence-electron chi connectivity index (χ0n) is 15.8. The first-order valence-electron chi connectivity index (χ1n) is 9.64. The molecule has 0 radical (unpaired) electrons. The Morgan fingerprint density at radius 1 is 1.11 bits per heavy atom. The van der Waals surface area contributed by atoms with Crippen LogP contribution in [-0.4, -0.2) is 43.0 Å². The number of hydrogen-bond acceptors (Lipinski definition) is 5. The number of fused-ring (bicyclic) bond motifs is 1. The average molecular weight is 384 g/mol. The molecule has 1 saturated heterocycles. The highest BCUT2D eigenvalue weighted by atomic mass is 16.6. The third-order valence-corrected chi connectivity index (χ3v) is 5.31. The van der Waals surface area contributed by atoms with Crippen molar-refractivity contribution >= 4 is 11.8 Å². The second kappa shape index (κ2) is 7.96. The molecule has 0 aliphatic carbocycles. The first kappa shape index (κ1) is 18.4. The predicted molar refractivity (Wildman–Crippen MR) is 101 cm³/mol. The van der Waals surface area contributed by atoms with Crippen molar-refractivity contribution in [2.75, 3.05) is 26.3 Å². The van der Waals surface area contributed by atoms with Crippen molar-refractivity contribution in [2.45, 2.75) is 25.8 Å². The SMILES string of the molecule is C[C@@H](NC(=O)C1CCN(C(=O)c2ccco2)CC1)c1ccc2c(c1)OCCO2. The molecule has 4 rings (SSSR count). The molecule has 0 unspecified atom stereocenters. The Balaban J connectivity index is 1.31. The molecule has 2 aromatic rings. The van der Waals surface area contributed by atoms with Gasteiger partial charge in [-0.15, -0.1) is 0 Å². The van der Waals surface area contributed by atoms with Crippen molar-refractivity contribution in [3.8, 4) is 11.5 Å². The van der Waals surface area contributed by atoms with E-state index in [-0.39, 0.29) is 23.8 Å². The molecule has 1 fully saturated rings. The molecular weight excluding hydrogens is 360 g/mol. The number of carbonyl (C=O) groups excluding carboxylic acids is 2. The van der Waals surface area contributed by atoms with Crippen molar-refractivity contribution in [2.24, 2.45) is 5.92 Å². The van der Waals surface area contributed by atoms with Crippen molar-refractivity contribution in [3.63, 3.8) is 0 Å². The van der Waals surface area contributed by atoms with E-state index in [4.69, 9.17) is 13.9 Å². The van der Waals surface area contributed by atoms with E-state index in [0.29, 0.717) is 44.9 Å². The Bertz CT molecular complexity index is 840. The zero-order valence-corrected chi connectivity index (χ0v) is 15.8. The standard InChI is InChI=1S/C21H24N2O5/c1-14(16-4-5-17-19(13-16)28-12-11-27-17)22-20(24)15-6-8-23(9-7-15)21(25)18-3-2-10-26-18/h2-5,10,13-15H,6-9,11-12H2,1H3,(H,22,24)/t14-/m1/s1. The highest BCUT2D eigenvalue weighted by molar-refractivity contribution is 5.91. The van der Waals surface area contributed by atoms with E-state index in [9.17, 15) is 9.59 Å². The normalized spacial score (nSPS) is 17.8. The van der Waals surface area contributed by atoms with Gasteiger partial charge < -0.3 is 24.1 Å². The lowest BCUT2D eigenvalue weighted by molar-refractivity contribution is -0.127. The Morgan fingerprint density at radius 2 is 1.86 bits per heavy atom. The highest BCUT2D eigenvalue weighted by Gasteiger charge is 2.29. The molecule has 2 amide bonds. The molecule has 2 aliphatic rings. The molecular formula is C21H24N2O5. The van der Waals surface area contributed by atoms with Crippen LogP contribution < -0.4 is 14.8 Å².